The fourth-order valence-corrected chi connectivity index (χ4v) is 2.58. The van der Waals surface area contributed by atoms with Crippen molar-refractivity contribution < 1.29 is 9.47 Å². The minimum absolute atomic E-state index is 0.799. The average molecular weight is 267 g/mol. The van der Waals surface area contributed by atoms with Gasteiger partial charge in [-0.1, -0.05) is 0 Å². The summed E-state index contributed by atoms with van der Waals surface area (Å²) in [7, 11) is 3.35. The monoisotopic (exact) mass is 267 g/mol. The molecule has 1 aromatic carbocycles. The molecule has 1 aliphatic rings. The van der Waals surface area contributed by atoms with Crippen molar-refractivity contribution in [3.05, 3.63) is 17.7 Å². The highest BCUT2D eigenvalue weighted by molar-refractivity contribution is 7.98. The molecule has 0 atom stereocenters. The number of benzene rings is 1. The fourth-order valence-electron chi connectivity index (χ4n) is 1.96. The molecule has 4 heteroatoms. The van der Waals surface area contributed by atoms with Crippen LogP contribution in [-0.4, -0.2) is 27.0 Å². The second kappa shape index (κ2) is 6.34. The molecule has 1 aromatic rings. The molecule has 0 aromatic heterocycles. The Kier molecular flexibility index (Phi) is 4.78. The Balaban J connectivity index is 2.09. The van der Waals surface area contributed by atoms with E-state index in [2.05, 4.69) is 23.7 Å². The molecule has 1 saturated carbocycles. The van der Waals surface area contributed by atoms with Gasteiger partial charge in [-0.3, -0.25) is 0 Å². The van der Waals surface area contributed by atoms with Gasteiger partial charge >= 0.3 is 0 Å². The van der Waals surface area contributed by atoms with Gasteiger partial charge in [0.25, 0.3) is 0 Å². The third-order valence-corrected chi connectivity index (χ3v) is 4.05. The van der Waals surface area contributed by atoms with Crippen LogP contribution < -0.4 is 14.8 Å². The summed E-state index contributed by atoms with van der Waals surface area (Å²) < 4.78 is 10.7. The Morgan fingerprint density at radius 2 is 1.89 bits per heavy atom. The van der Waals surface area contributed by atoms with Crippen molar-refractivity contribution in [1.29, 1.82) is 0 Å². The summed E-state index contributed by atoms with van der Waals surface area (Å²) >= 11 is 1.74. The van der Waals surface area contributed by atoms with E-state index in [0.717, 1.165) is 30.5 Å². The lowest BCUT2D eigenvalue weighted by Gasteiger charge is -2.14. The predicted molar refractivity (Wildman–Crippen MR) is 75.8 cm³/mol. The lowest BCUT2D eigenvalue weighted by Crippen LogP contribution is -2.16. The summed E-state index contributed by atoms with van der Waals surface area (Å²) in [5.74, 6) is 2.51. The maximum Gasteiger partial charge on any atom is 0.161 e. The lowest BCUT2D eigenvalue weighted by molar-refractivity contribution is 0.353. The Morgan fingerprint density at radius 3 is 2.44 bits per heavy atom. The highest BCUT2D eigenvalue weighted by Crippen LogP contribution is 2.34. The van der Waals surface area contributed by atoms with Crippen molar-refractivity contribution in [2.45, 2.75) is 24.3 Å². The number of nitrogens with one attached hydrogen (secondary N) is 1. The van der Waals surface area contributed by atoms with Gasteiger partial charge in [0, 0.05) is 11.4 Å². The first-order valence-corrected chi connectivity index (χ1v) is 7.50. The SMILES string of the molecule is COc1cc(CNCC2CC2)c(SC)cc1OC. The Hall–Kier alpha value is -0.870. The first kappa shape index (κ1) is 13.6. The van der Waals surface area contributed by atoms with Crippen LogP contribution in [0.2, 0.25) is 0 Å². The number of ether oxygens (including phenoxy) is 2. The molecule has 1 N–H and O–H groups in total. The van der Waals surface area contributed by atoms with E-state index in [4.69, 9.17) is 9.47 Å². The van der Waals surface area contributed by atoms with Crippen LogP contribution in [0.4, 0.5) is 0 Å². The summed E-state index contributed by atoms with van der Waals surface area (Å²) in [5, 5.41) is 3.52. The van der Waals surface area contributed by atoms with Gasteiger partial charge < -0.3 is 14.8 Å². The molecule has 0 radical (unpaired) electrons. The quantitative estimate of drug-likeness (QED) is 0.770. The van der Waals surface area contributed by atoms with E-state index < -0.39 is 0 Å². The van der Waals surface area contributed by atoms with E-state index in [9.17, 15) is 0 Å². The third kappa shape index (κ3) is 3.33. The first-order valence-electron chi connectivity index (χ1n) is 6.28. The van der Waals surface area contributed by atoms with Crippen LogP contribution in [0.25, 0.3) is 0 Å². The van der Waals surface area contributed by atoms with Gasteiger partial charge in [-0.15, -0.1) is 11.8 Å². The standard InChI is InChI=1S/C14H21NO2S/c1-16-12-6-11(9-15-8-10-4-5-10)14(18-3)7-13(12)17-2/h6-7,10,15H,4-5,8-9H2,1-3H3. The zero-order valence-corrected chi connectivity index (χ0v) is 12.1. The van der Waals surface area contributed by atoms with Crippen molar-refractivity contribution in [3.8, 4) is 11.5 Å². The molecule has 100 valence electrons. The number of hydrogen-bond acceptors (Lipinski definition) is 4. The predicted octanol–water partition coefficient (Wildman–Crippen LogP) is 2.93. The van der Waals surface area contributed by atoms with E-state index in [1.54, 1.807) is 26.0 Å². The second-order valence-corrected chi connectivity index (χ2v) is 5.44. The second-order valence-electron chi connectivity index (χ2n) is 4.59. The molecule has 0 bridgehead atoms. The third-order valence-electron chi connectivity index (χ3n) is 3.23. The Morgan fingerprint density at radius 1 is 1.22 bits per heavy atom. The minimum Gasteiger partial charge on any atom is -0.493 e. The van der Waals surface area contributed by atoms with Crippen LogP contribution >= 0.6 is 11.8 Å². The van der Waals surface area contributed by atoms with Crippen LogP contribution in [0.5, 0.6) is 11.5 Å². The lowest BCUT2D eigenvalue weighted by atomic mass is 10.2. The van der Waals surface area contributed by atoms with E-state index in [0.29, 0.717) is 0 Å². The summed E-state index contributed by atoms with van der Waals surface area (Å²) in [6, 6.07) is 4.13. The van der Waals surface area contributed by atoms with Gasteiger partial charge in [0.2, 0.25) is 0 Å². The van der Waals surface area contributed by atoms with Crippen molar-refractivity contribution in [3.63, 3.8) is 0 Å². The molecule has 3 nitrogen and oxygen atoms in total. The van der Waals surface area contributed by atoms with E-state index >= 15 is 0 Å². The highest BCUT2D eigenvalue weighted by Gasteiger charge is 2.20. The number of hydrogen-bond donors (Lipinski definition) is 1. The van der Waals surface area contributed by atoms with Gasteiger partial charge in [0.05, 0.1) is 14.2 Å². The van der Waals surface area contributed by atoms with Gasteiger partial charge in [0.1, 0.15) is 0 Å². The fraction of sp³-hybridized carbons (Fsp3) is 0.571. The van der Waals surface area contributed by atoms with Gasteiger partial charge in [-0.25, -0.2) is 0 Å². The zero-order chi connectivity index (χ0) is 13.0. The first-order chi connectivity index (χ1) is 8.78. The summed E-state index contributed by atoms with van der Waals surface area (Å²) in [5.41, 5.74) is 1.28. The van der Waals surface area contributed by atoms with E-state index in [1.165, 1.54) is 23.3 Å². The number of methoxy groups -OCH3 is 2. The normalized spacial score (nSPS) is 14.6. The smallest absolute Gasteiger partial charge is 0.161 e. The summed E-state index contributed by atoms with van der Waals surface area (Å²) in [6.07, 6.45) is 4.86. The molecular formula is C14H21NO2S. The molecule has 0 heterocycles. The largest absolute Gasteiger partial charge is 0.493 e. The van der Waals surface area contributed by atoms with Crippen LogP contribution in [0, 0.1) is 5.92 Å². The summed E-state index contributed by atoms with van der Waals surface area (Å²) in [6.45, 7) is 2.02. The van der Waals surface area contributed by atoms with Crippen LogP contribution in [0.1, 0.15) is 18.4 Å². The molecular weight excluding hydrogens is 246 g/mol. The van der Waals surface area contributed by atoms with E-state index in [-0.39, 0.29) is 0 Å². The molecule has 18 heavy (non-hydrogen) atoms. The minimum atomic E-state index is 0.799. The van der Waals surface area contributed by atoms with Crippen molar-refractivity contribution in [1.82, 2.24) is 5.32 Å². The maximum absolute atomic E-state index is 5.35. The molecule has 0 unspecified atom stereocenters. The van der Waals surface area contributed by atoms with Crippen molar-refractivity contribution >= 4 is 11.8 Å². The summed E-state index contributed by atoms with van der Waals surface area (Å²) in [4.78, 5) is 1.25. The van der Waals surface area contributed by atoms with Crippen molar-refractivity contribution in [2.75, 3.05) is 27.0 Å². The van der Waals surface area contributed by atoms with Crippen LogP contribution in [0.3, 0.4) is 0 Å². The number of thioether (sulfide) groups is 1. The average Bonchev–Trinajstić information content (AvgIpc) is 3.22. The van der Waals surface area contributed by atoms with Gasteiger partial charge in [-0.05, 0) is 49.3 Å². The number of rotatable bonds is 7. The molecule has 2 rings (SSSR count). The highest BCUT2D eigenvalue weighted by atomic mass is 32.2. The van der Waals surface area contributed by atoms with Crippen LogP contribution in [-0.2, 0) is 6.54 Å². The van der Waals surface area contributed by atoms with Gasteiger partial charge in [-0.2, -0.15) is 0 Å². The molecule has 0 amide bonds. The van der Waals surface area contributed by atoms with Crippen LogP contribution in [0.15, 0.2) is 17.0 Å². The topological polar surface area (TPSA) is 30.5 Å². The Bertz CT molecular complexity index is 405. The van der Waals surface area contributed by atoms with E-state index in [1.807, 2.05) is 0 Å². The Labute approximate surface area is 113 Å². The molecule has 1 fully saturated rings. The van der Waals surface area contributed by atoms with Gasteiger partial charge in [0.15, 0.2) is 11.5 Å². The molecule has 0 spiro atoms. The molecule has 0 aliphatic heterocycles. The molecule has 0 saturated heterocycles. The zero-order valence-electron chi connectivity index (χ0n) is 11.3. The maximum atomic E-state index is 5.35. The molecule has 1 aliphatic carbocycles. The van der Waals surface area contributed by atoms with Crippen molar-refractivity contribution in [2.24, 2.45) is 5.92 Å².